The number of amides is 2. The lowest BCUT2D eigenvalue weighted by Gasteiger charge is -2.32. The van der Waals surface area contributed by atoms with Gasteiger partial charge in [-0.05, 0) is 56.2 Å². The number of para-hydroxylation sites is 1. The fourth-order valence-electron chi connectivity index (χ4n) is 3.51. The molecule has 2 amide bonds. The topological polar surface area (TPSA) is 76.2 Å². The summed E-state index contributed by atoms with van der Waals surface area (Å²) < 4.78 is 10.8. The quantitative estimate of drug-likeness (QED) is 0.637. The molecule has 1 saturated heterocycles. The molecule has 1 aliphatic heterocycles. The molecule has 0 saturated carbocycles. The molecule has 3 rings (SSSR count). The van der Waals surface area contributed by atoms with E-state index in [1.165, 1.54) is 4.90 Å². The maximum atomic E-state index is 12.7. The van der Waals surface area contributed by atoms with Crippen LogP contribution in [0.15, 0.2) is 54.6 Å². The predicted molar refractivity (Wildman–Crippen MR) is 116 cm³/mol. The lowest BCUT2D eigenvalue weighted by molar-refractivity contribution is -0.151. The van der Waals surface area contributed by atoms with Crippen LogP contribution in [-0.2, 0) is 14.3 Å². The molecule has 164 valence electrons. The Balaban J connectivity index is 1.50. The van der Waals surface area contributed by atoms with Crippen molar-refractivity contribution in [3.8, 4) is 11.5 Å². The Bertz CT molecular complexity index is 890. The third kappa shape index (κ3) is 6.07. The summed E-state index contributed by atoms with van der Waals surface area (Å²) in [6, 6.07) is 16.2. The minimum Gasteiger partial charge on any atom is -0.466 e. The number of ether oxygens (including phenoxy) is 2. The average Bonchev–Trinajstić information content (AvgIpc) is 2.80. The molecule has 1 fully saturated rings. The van der Waals surface area contributed by atoms with Crippen LogP contribution in [0.1, 0.15) is 30.1 Å². The fourth-order valence-corrected chi connectivity index (χ4v) is 3.51. The van der Waals surface area contributed by atoms with E-state index in [-0.39, 0.29) is 30.2 Å². The summed E-state index contributed by atoms with van der Waals surface area (Å²) in [6.45, 7) is 3.13. The van der Waals surface area contributed by atoms with Gasteiger partial charge >= 0.3 is 5.97 Å². The molecular formula is C24H28N2O5. The van der Waals surface area contributed by atoms with Crippen molar-refractivity contribution in [2.75, 3.05) is 33.3 Å². The molecule has 1 aliphatic rings. The van der Waals surface area contributed by atoms with E-state index in [0.29, 0.717) is 43.9 Å². The minimum absolute atomic E-state index is 0.00876. The van der Waals surface area contributed by atoms with Crippen molar-refractivity contribution in [3.63, 3.8) is 0 Å². The molecule has 0 unspecified atom stereocenters. The standard InChI is InChI=1S/C24H28N2O5/c1-3-30-24(29)19-13-15-26(16-14-19)22(27)17-25(2)23(28)18-9-11-21(12-10-18)31-20-7-5-4-6-8-20/h4-12,19H,3,13-17H2,1-2H3. The summed E-state index contributed by atoms with van der Waals surface area (Å²) in [5.74, 6) is 0.645. The highest BCUT2D eigenvalue weighted by molar-refractivity contribution is 5.96. The van der Waals surface area contributed by atoms with E-state index in [4.69, 9.17) is 9.47 Å². The van der Waals surface area contributed by atoms with Gasteiger partial charge in [-0.25, -0.2) is 0 Å². The molecule has 2 aromatic rings. The molecule has 0 spiro atoms. The SMILES string of the molecule is CCOC(=O)C1CCN(C(=O)CN(C)C(=O)c2ccc(Oc3ccccc3)cc2)CC1. The van der Waals surface area contributed by atoms with Gasteiger partial charge in [0.2, 0.25) is 5.91 Å². The Labute approximate surface area is 182 Å². The molecule has 7 heteroatoms. The summed E-state index contributed by atoms with van der Waals surface area (Å²) >= 11 is 0. The van der Waals surface area contributed by atoms with Crippen molar-refractivity contribution in [2.24, 2.45) is 5.92 Å². The Kier molecular flexibility index (Phi) is 7.65. The van der Waals surface area contributed by atoms with Gasteiger partial charge in [-0.3, -0.25) is 14.4 Å². The molecule has 0 aromatic heterocycles. The highest BCUT2D eigenvalue weighted by atomic mass is 16.5. The fraction of sp³-hybridized carbons (Fsp3) is 0.375. The Morgan fingerprint density at radius 3 is 2.19 bits per heavy atom. The third-order valence-corrected chi connectivity index (χ3v) is 5.27. The number of hydrogen-bond donors (Lipinski definition) is 0. The number of hydrogen-bond acceptors (Lipinski definition) is 5. The third-order valence-electron chi connectivity index (χ3n) is 5.27. The number of piperidine rings is 1. The van der Waals surface area contributed by atoms with Gasteiger partial charge in [0.15, 0.2) is 0 Å². The highest BCUT2D eigenvalue weighted by Gasteiger charge is 2.29. The second kappa shape index (κ2) is 10.6. The van der Waals surface area contributed by atoms with Crippen molar-refractivity contribution < 1.29 is 23.9 Å². The molecule has 2 aromatic carbocycles. The molecule has 0 aliphatic carbocycles. The molecule has 1 heterocycles. The molecule has 31 heavy (non-hydrogen) atoms. The number of carbonyl (C=O) groups is 3. The van der Waals surface area contributed by atoms with E-state index in [0.717, 1.165) is 5.75 Å². The molecule has 0 bridgehead atoms. The highest BCUT2D eigenvalue weighted by Crippen LogP contribution is 2.22. The van der Waals surface area contributed by atoms with E-state index in [1.54, 1.807) is 43.1 Å². The van der Waals surface area contributed by atoms with Crippen LogP contribution in [0.3, 0.4) is 0 Å². The van der Waals surface area contributed by atoms with Crippen LogP contribution in [0, 0.1) is 5.92 Å². The summed E-state index contributed by atoms with van der Waals surface area (Å²) in [5.41, 5.74) is 0.483. The van der Waals surface area contributed by atoms with Gasteiger partial charge in [-0.1, -0.05) is 18.2 Å². The van der Waals surface area contributed by atoms with Crippen molar-refractivity contribution in [3.05, 3.63) is 60.2 Å². The van der Waals surface area contributed by atoms with Gasteiger partial charge in [-0.15, -0.1) is 0 Å². The monoisotopic (exact) mass is 424 g/mol. The van der Waals surface area contributed by atoms with Crippen molar-refractivity contribution in [2.45, 2.75) is 19.8 Å². The second-order valence-corrected chi connectivity index (χ2v) is 7.51. The summed E-state index contributed by atoms with van der Waals surface area (Å²) in [4.78, 5) is 40.3. The lowest BCUT2D eigenvalue weighted by Crippen LogP contribution is -2.45. The Morgan fingerprint density at radius 1 is 0.968 bits per heavy atom. The van der Waals surface area contributed by atoms with Crippen LogP contribution in [-0.4, -0.2) is 60.9 Å². The molecule has 0 radical (unpaired) electrons. The van der Waals surface area contributed by atoms with Gasteiger partial charge in [-0.2, -0.15) is 0 Å². The van der Waals surface area contributed by atoms with E-state index in [1.807, 2.05) is 30.3 Å². The molecular weight excluding hydrogens is 396 g/mol. The van der Waals surface area contributed by atoms with Gasteiger partial charge < -0.3 is 19.3 Å². The Hall–Kier alpha value is -3.35. The van der Waals surface area contributed by atoms with Gasteiger partial charge in [0.05, 0.1) is 19.1 Å². The van der Waals surface area contributed by atoms with Crippen molar-refractivity contribution >= 4 is 17.8 Å². The number of esters is 1. The summed E-state index contributed by atoms with van der Waals surface area (Å²) in [6.07, 6.45) is 1.18. The van der Waals surface area contributed by atoms with E-state index in [2.05, 4.69) is 0 Å². The number of likely N-dealkylation sites (N-methyl/N-ethyl adjacent to an activating group) is 1. The normalized spacial score (nSPS) is 14.1. The molecule has 7 nitrogen and oxygen atoms in total. The molecule has 0 N–H and O–H groups in total. The van der Waals surface area contributed by atoms with E-state index in [9.17, 15) is 14.4 Å². The minimum atomic E-state index is -0.235. The number of benzene rings is 2. The first kappa shape index (κ1) is 22.3. The van der Waals surface area contributed by atoms with Gasteiger partial charge in [0, 0.05) is 25.7 Å². The first-order valence-electron chi connectivity index (χ1n) is 10.5. The van der Waals surface area contributed by atoms with Gasteiger partial charge in [0.25, 0.3) is 5.91 Å². The lowest BCUT2D eigenvalue weighted by atomic mass is 9.97. The summed E-state index contributed by atoms with van der Waals surface area (Å²) in [5, 5.41) is 0. The summed E-state index contributed by atoms with van der Waals surface area (Å²) in [7, 11) is 1.61. The largest absolute Gasteiger partial charge is 0.466 e. The van der Waals surface area contributed by atoms with Crippen molar-refractivity contribution in [1.82, 2.24) is 9.80 Å². The number of carbonyl (C=O) groups excluding carboxylic acids is 3. The Morgan fingerprint density at radius 2 is 1.58 bits per heavy atom. The number of nitrogens with zero attached hydrogens (tertiary/aromatic N) is 2. The van der Waals surface area contributed by atoms with Gasteiger partial charge in [0.1, 0.15) is 11.5 Å². The van der Waals surface area contributed by atoms with Crippen LogP contribution in [0.4, 0.5) is 0 Å². The van der Waals surface area contributed by atoms with Crippen molar-refractivity contribution in [1.29, 1.82) is 0 Å². The number of rotatable bonds is 7. The van der Waals surface area contributed by atoms with E-state index >= 15 is 0 Å². The zero-order chi connectivity index (χ0) is 22.2. The second-order valence-electron chi connectivity index (χ2n) is 7.51. The van der Waals surface area contributed by atoms with Crippen LogP contribution in [0.5, 0.6) is 11.5 Å². The predicted octanol–water partition coefficient (Wildman–Crippen LogP) is 3.35. The first-order valence-corrected chi connectivity index (χ1v) is 10.5. The zero-order valence-corrected chi connectivity index (χ0v) is 18.0. The van der Waals surface area contributed by atoms with E-state index < -0.39 is 0 Å². The van der Waals surface area contributed by atoms with Crippen LogP contribution < -0.4 is 4.74 Å². The maximum absolute atomic E-state index is 12.7. The van der Waals surface area contributed by atoms with Crippen LogP contribution in [0.25, 0.3) is 0 Å². The first-order chi connectivity index (χ1) is 15.0. The average molecular weight is 424 g/mol. The number of likely N-dealkylation sites (tertiary alicyclic amines) is 1. The maximum Gasteiger partial charge on any atom is 0.309 e. The van der Waals surface area contributed by atoms with Crippen LogP contribution in [0.2, 0.25) is 0 Å². The van der Waals surface area contributed by atoms with Crippen LogP contribution >= 0.6 is 0 Å². The zero-order valence-electron chi connectivity index (χ0n) is 18.0. The smallest absolute Gasteiger partial charge is 0.309 e. The molecule has 0 atom stereocenters.